The first kappa shape index (κ1) is 24.0. The minimum absolute atomic E-state index is 0.224. The van der Waals surface area contributed by atoms with Crippen molar-refractivity contribution in [3.8, 4) is 0 Å². The first-order valence-corrected chi connectivity index (χ1v) is 11.7. The quantitative estimate of drug-likeness (QED) is 0.513. The first-order chi connectivity index (χ1) is 16.4. The van der Waals surface area contributed by atoms with E-state index in [1.807, 2.05) is 72.5 Å². The predicted octanol–water partition coefficient (Wildman–Crippen LogP) is 4.59. The van der Waals surface area contributed by atoms with Crippen LogP contribution in [0.4, 0.5) is 8.78 Å². The number of rotatable bonds is 8. The van der Waals surface area contributed by atoms with Crippen LogP contribution in [-0.2, 0) is 10.2 Å². The lowest BCUT2D eigenvalue weighted by atomic mass is 9.71. The van der Waals surface area contributed by atoms with Gasteiger partial charge >= 0.3 is 0 Å². The third-order valence-electron chi connectivity index (χ3n) is 6.78. The molecule has 34 heavy (non-hydrogen) atoms. The highest BCUT2D eigenvalue weighted by Gasteiger charge is 2.41. The molecule has 0 spiro atoms. The van der Waals surface area contributed by atoms with Gasteiger partial charge < -0.3 is 10.4 Å². The second-order valence-corrected chi connectivity index (χ2v) is 8.88. The number of carbonyl (C=O) groups excluding carboxylic acids is 1. The summed E-state index contributed by atoms with van der Waals surface area (Å²) in [7, 11) is 0. The van der Waals surface area contributed by atoms with Crippen molar-refractivity contribution in [1.82, 2.24) is 10.2 Å². The van der Waals surface area contributed by atoms with Crippen LogP contribution in [0, 0.1) is 11.6 Å². The van der Waals surface area contributed by atoms with E-state index in [4.69, 9.17) is 0 Å². The van der Waals surface area contributed by atoms with Crippen LogP contribution in [0.5, 0.6) is 0 Å². The van der Waals surface area contributed by atoms with Gasteiger partial charge in [-0.25, -0.2) is 8.78 Å². The summed E-state index contributed by atoms with van der Waals surface area (Å²) in [5.41, 5.74) is 0.927. The smallest absolute Gasteiger partial charge is 0.235 e. The normalized spacial score (nSPS) is 17.5. The maximum absolute atomic E-state index is 14.9. The van der Waals surface area contributed by atoms with Crippen LogP contribution in [0.15, 0.2) is 78.9 Å². The number of halogens is 2. The number of aliphatic hydroxyl groups excluding tert-OH is 1. The molecule has 1 aliphatic heterocycles. The first-order valence-electron chi connectivity index (χ1n) is 11.7. The van der Waals surface area contributed by atoms with Gasteiger partial charge in [0.05, 0.1) is 17.6 Å². The number of hydrogen-bond acceptors (Lipinski definition) is 3. The number of hydrogen-bond donors (Lipinski definition) is 2. The Kier molecular flexibility index (Phi) is 7.39. The van der Waals surface area contributed by atoms with Crippen molar-refractivity contribution in [2.24, 2.45) is 0 Å². The Morgan fingerprint density at radius 1 is 1.06 bits per heavy atom. The molecule has 0 aliphatic carbocycles. The number of carbonyl (C=O) groups is 1. The van der Waals surface area contributed by atoms with Crippen LogP contribution >= 0.6 is 0 Å². The van der Waals surface area contributed by atoms with Crippen molar-refractivity contribution in [2.75, 3.05) is 19.6 Å². The number of likely N-dealkylation sites (tertiary alicyclic amines) is 1. The molecular formula is C28H30F2N2O2. The van der Waals surface area contributed by atoms with Gasteiger partial charge in [-0.3, -0.25) is 9.69 Å². The van der Waals surface area contributed by atoms with Crippen molar-refractivity contribution in [2.45, 2.75) is 37.3 Å². The molecule has 1 fully saturated rings. The van der Waals surface area contributed by atoms with Crippen molar-refractivity contribution in [3.05, 3.63) is 107 Å². The topological polar surface area (TPSA) is 52.6 Å². The molecule has 6 heteroatoms. The second-order valence-electron chi connectivity index (χ2n) is 8.88. The Morgan fingerprint density at radius 2 is 1.68 bits per heavy atom. The molecule has 0 bridgehead atoms. The molecule has 2 N–H and O–H groups in total. The molecule has 0 saturated carbocycles. The molecular weight excluding hydrogens is 434 g/mol. The fraction of sp³-hybridized carbons (Fsp3) is 0.321. The summed E-state index contributed by atoms with van der Waals surface area (Å²) in [4.78, 5) is 16.1. The van der Waals surface area contributed by atoms with E-state index < -0.39 is 29.2 Å². The maximum Gasteiger partial charge on any atom is 0.235 e. The highest BCUT2D eigenvalue weighted by atomic mass is 19.1. The van der Waals surface area contributed by atoms with E-state index in [1.165, 1.54) is 12.1 Å². The summed E-state index contributed by atoms with van der Waals surface area (Å²) < 4.78 is 28.5. The summed E-state index contributed by atoms with van der Waals surface area (Å²) in [6.07, 6.45) is 0.672. The van der Waals surface area contributed by atoms with E-state index in [0.29, 0.717) is 32.5 Å². The summed E-state index contributed by atoms with van der Waals surface area (Å²) in [5, 5.41) is 13.1. The predicted molar refractivity (Wildman–Crippen MR) is 128 cm³/mol. The largest absolute Gasteiger partial charge is 0.392 e. The number of nitrogens with one attached hydrogen (secondary N) is 1. The van der Waals surface area contributed by atoms with Gasteiger partial charge in [-0.15, -0.1) is 0 Å². The van der Waals surface area contributed by atoms with E-state index in [0.717, 1.165) is 17.2 Å². The van der Waals surface area contributed by atoms with Crippen molar-refractivity contribution in [3.63, 3.8) is 0 Å². The lowest BCUT2D eigenvalue weighted by Gasteiger charge is -2.35. The summed E-state index contributed by atoms with van der Waals surface area (Å²) >= 11 is 0. The highest BCUT2D eigenvalue weighted by Crippen LogP contribution is 2.37. The summed E-state index contributed by atoms with van der Waals surface area (Å²) in [5.74, 6) is -1.62. The molecule has 1 amide bonds. The van der Waals surface area contributed by atoms with E-state index in [-0.39, 0.29) is 11.5 Å². The third kappa shape index (κ3) is 4.88. The average molecular weight is 465 g/mol. The van der Waals surface area contributed by atoms with Gasteiger partial charge in [0.15, 0.2) is 0 Å². The van der Waals surface area contributed by atoms with E-state index in [2.05, 4.69) is 5.32 Å². The Bertz CT molecular complexity index is 1070. The molecule has 1 unspecified atom stereocenters. The number of nitrogens with zero attached hydrogens (tertiary/aromatic N) is 1. The molecule has 4 rings (SSSR count). The van der Waals surface area contributed by atoms with Crippen molar-refractivity contribution in [1.29, 1.82) is 0 Å². The molecule has 0 radical (unpaired) electrons. The van der Waals surface area contributed by atoms with Gasteiger partial charge in [-0.1, -0.05) is 73.7 Å². The maximum atomic E-state index is 14.9. The number of benzene rings is 3. The Labute approximate surface area is 199 Å². The fourth-order valence-corrected chi connectivity index (χ4v) is 4.97. The Hall–Kier alpha value is -3.09. The Balaban J connectivity index is 1.74. The molecule has 1 heterocycles. The minimum atomic E-state index is -0.984. The van der Waals surface area contributed by atoms with Crippen LogP contribution in [0.1, 0.15) is 42.5 Å². The van der Waals surface area contributed by atoms with Crippen LogP contribution in [0.25, 0.3) is 0 Å². The molecule has 178 valence electrons. The van der Waals surface area contributed by atoms with Crippen LogP contribution in [0.2, 0.25) is 0 Å². The third-order valence-corrected chi connectivity index (χ3v) is 6.78. The number of β-amino-alcohol motifs (C(OH)–C–C–N with tert-alkyl or cyclic N) is 1. The van der Waals surface area contributed by atoms with Gasteiger partial charge in [-0.05, 0) is 30.0 Å². The Morgan fingerprint density at radius 3 is 2.18 bits per heavy atom. The van der Waals surface area contributed by atoms with Gasteiger partial charge in [0.2, 0.25) is 5.91 Å². The van der Waals surface area contributed by atoms with Gasteiger partial charge in [-0.2, -0.15) is 0 Å². The monoisotopic (exact) mass is 464 g/mol. The van der Waals surface area contributed by atoms with Gasteiger partial charge in [0.1, 0.15) is 11.6 Å². The SMILES string of the molecule is CCC(C(=O)N[C@H](CN1CCC(O)C1)c1ccc(F)cc1F)(c1ccccc1)c1ccccc1. The standard InChI is InChI=1S/C28H30F2N2O2/c1-2-28(20-9-5-3-6-10-20,21-11-7-4-8-12-21)27(34)31-26(19-32-16-15-23(33)18-32)24-14-13-22(29)17-25(24)30/h3-14,17,23,26,33H,2,15-16,18-19H2,1H3,(H,31,34)/t23?,26-/m1/s1. The zero-order valence-electron chi connectivity index (χ0n) is 19.3. The molecule has 1 saturated heterocycles. The molecule has 2 atom stereocenters. The lowest BCUT2D eigenvalue weighted by Crippen LogP contribution is -2.48. The number of amides is 1. The zero-order chi connectivity index (χ0) is 24.1. The van der Waals surface area contributed by atoms with E-state index in [9.17, 15) is 18.7 Å². The van der Waals surface area contributed by atoms with Crippen LogP contribution < -0.4 is 5.32 Å². The van der Waals surface area contributed by atoms with E-state index >= 15 is 0 Å². The number of aliphatic hydroxyl groups is 1. The minimum Gasteiger partial charge on any atom is -0.392 e. The summed E-state index contributed by atoms with van der Waals surface area (Å²) in [6, 6.07) is 21.9. The fourth-order valence-electron chi connectivity index (χ4n) is 4.97. The molecule has 0 aromatic heterocycles. The van der Waals surface area contributed by atoms with Crippen LogP contribution in [0.3, 0.4) is 0 Å². The average Bonchev–Trinajstić information content (AvgIpc) is 3.25. The van der Waals surface area contributed by atoms with E-state index in [1.54, 1.807) is 0 Å². The second kappa shape index (κ2) is 10.5. The molecule has 1 aliphatic rings. The zero-order valence-corrected chi connectivity index (χ0v) is 19.3. The summed E-state index contributed by atoms with van der Waals surface area (Å²) in [6.45, 7) is 3.37. The van der Waals surface area contributed by atoms with Crippen molar-refractivity contribution >= 4 is 5.91 Å². The molecule has 4 nitrogen and oxygen atoms in total. The van der Waals surface area contributed by atoms with Gasteiger partial charge in [0.25, 0.3) is 0 Å². The lowest BCUT2D eigenvalue weighted by molar-refractivity contribution is -0.126. The van der Waals surface area contributed by atoms with Gasteiger partial charge in [0, 0.05) is 31.3 Å². The van der Waals surface area contributed by atoms with Crippen LogP contribution in [-0.4, -0.2) is 41.7 Å². The van der Waals surface area contributed by atoms with Crippen molar-refractivity contribution < 1.29 is 18.7 Å². The molecule has 3 aromatic rings. The highest BCUT2D eigenvalue weighted by molar-refractivity contribution is 5.92. The molecule has 3 aromatic carbocycles.